The van der Waals surface area contributed by atoms with Crippen molar-refractivity contribution < 1.29 is 29.0 Å². The smallest absolute Gasteiger partial charge is 0.420 e. The minimum atomic E-state index is -1.01. The van der Waals surface area contributed by atoms with Crippen molar-refractivity contribution in [3.8, 4) is 0 Å². The molecule has 2 amide bonds. The van der Waals surface area contributed by atoms with Crippen LogP contribution in [0.15, 0.2) is 18.2 Å². The lowest BCUT2D eigenvalue weighted by atomic mass is 9.99. The van der Waals surface area contributed by atoms with Crippen molar-refractivity contribution in [1.82, 2.24) is 4.90 Å². The molecule has 154 valence electrons. The fraction of sp³-hybridized carbons (Fsp3) is 0.571. The third-order valence-corrected chi connectivity index (χ3v) is 3.97. The predicted molar refractivity (Wildman–Crippen MR) is 103 cm³/mol. The minimum Gasteiger partial charge on any atom is -0.478 e. The van der Waals surface area contributed by atoms with Gasteiger partial charge in [0.05, 0.1) is 12.1 Å². The second-order valence-corrected chi connectivity index (χ2v) is 9.04. The Morgan fingerprint density at radius 2 is 1.50 bits per heavy atom. The molecule has 0 spiro atoms. The van der Waals surface area contributed by atoms with Gasteiger partial charge in [0.2, 0.25) is 0 Å². The number of ether oxygens (including phenoxy) is 2. The summed E-state index contributed by atoms with van der Waals surface area (Å²) in [7, 11) is 0. The molecule has 0 atom stereocenters. The lowest BCUT2D eigenvalue weighted by molar-refractivity contribution is -0.000330. The van der Waals surface area contributed by atoms with Crippen LogP contribution >= 0.6 is 0 Å². The molecule has 1 aliphatic rings. The van der Waals surface area contributed by atoms with Crippen molar-refractivity contribution in [2.24, 2.45) is 0 Å². The molecule has 0 radical (unpaired) electrons. The number of imide groups is 1. The molecular formula is C21H29NO6. The van der Waals surface area contributed by atoms with Crippen LogP contribution < -0.4 is 0 Å². The van der Waals surface area contributed by atoms with Gasteiger partial charge in [-0.25, -0.2) is 19.3 Å². The van der Waals surface area contributed by atoms with Crippen LogP contribution in [0.5, 0.6) is 0 Å². The highest BCUT2D eigenvalue weighted by atomic mass is 16.6. The molecule has 1 aromatic carbocycles. The number of aromatic carboxylic acids is 1. The number of rotatable bonds is 4. The van der Waals surface area contributed by atoms with Gasteiger partial charge in [0.15, 0.2) is 0 Å². The zero-order valence-electron chi connectivity index (χ0n) is 17.4. The van der Waals surface area contributed by atoms with Crippen LogP contribution in [0.2, 0.25) is 0 Å². The van der Waals surface area contributed by atoms with E-state index in [1.165, 1.54) is 6.07 Å². The molecule has 0 saturated heterocycles. The van der Waals surface area contributed by atoms with Crippen LogP contribution in [0.25, 0.3) is 0 Å². The Labute approximate surface area is 165 Å². The van der Waals surface area contributed by atoms with Gasteiger partial charge in [-0.2, -0.15) is 0 Å². The molecule has 0 bridgehead atoms. The van der Waals surface area contributed by atoms with E-state index in [2.05, 4.69) is 0 Å². The maximum absolute atomic E-state index is 12.7. The second kappa shape index (κ2) is 7.81. The summed E-state index contributed by atoms with van der Waals surface area (Å²) in [5.74, 6) is -0.766. The molecule has 1 saturated carbocycles. The maximum atomic E-state index is 12.7. The van der Waals surface area contributed by atoms with Gasteiger partial charge < -0.3 is 14.6 Å². The Morgan fingerprint density at radius 1 is 1.00 bits per heavy atom. The Kier molecular flexibility index (Phi) is 6.06. The minimum absolute atomic E-state index is 0.0461. The van der Waals surface area contributed by atoms with Gasteiger partial charge >= 0.3 is 18.2 Å². The van der Waals surface area contributed by atoms with Crippen molar-refractivity contribution in [1.29, 1.82) is 0 Å². The summed E-state index contributed by atoms with van der Waals surface area (Å²) in [4.78, 5) is 37.6. The zero-order valence-corrected chi connectivity index (χ0v) is 17.4. The normalized spacial score (nSPS) is 14.4. The Hall–Kier alpha value is -2.57. The highest BCUT2D eigenvalue weighted by Gasteiger charge is 2.34. The summed E-state index contributed by atoms with van der Waals surface area (Å²) < 4.78 is 10.8. The Morgan fingerprint density at radius 3 is 1.89 bits per heavy atom. The van der Waals surface area contributed by atoms with E-state index >= 15 is 0 Å². The van der Waals surface area contributed by atoms with Gasteiger partial charge in [-0.1, -0.05) is 6.07 Å². The van der Waals surface area contributed by atoms with E-state index in [-0.39, 0.29) is 18.0 Å². The average Bonchev–Trinajstić information content (AvgIpc) is 3.33. The number of carboxylic acid groups (broad SMARTS) is 1. The van der Waals surface area contributed by atoms with Gasteiger partial charge in [-0.3, -0.25) is 0 Å². The van der Waals surface area contributed by atoms with Gasteiger partial charge in [0.25, 0.3) is 0 Å². The predicted octanol–water partition coefficient (Wildman–Crippen LogP) is 4.93. The first-order valence-electron chi connectivity index (χ1n) is 9.36. The lowest BCUT2D eigenvalue weighted by Gasteiger charge is -2.29. The number of hydrogen-bond donors (Lipinski definition) is 1. The van der Waals surface area contributed by atoms with Crippen molar-refractivity contribution >= 4 is 18.2 Å². The molecule has 2 rings (SSSR count). The molecule has 0 unspecified atom stereocenters. The average molecular weight is 391 g/mol. The molecule has 1 fully saturated rings. The van der Waals surface area contributed by atoms with Gasteiger partial charge in [-0.15, -0.1) is 0 Å². The topological polar surface area (TPSA) is 93.1 Å². The third-order valence-electron chi connectivity index (χ3n) is 3.97. The van der Waals surface area contributed by atoms with Crippen LogP contribution in [0.4, 0.5) is 9.59 Å². The molecule has 7 nitrogen and oxygen atoms in total. The van der Waals surface area contributed by atoms with E-state index in [0.717, 1.165) is 23.3 Å². The quantitative estimate of drug-likeness (QED) is 0.782. The molecule has 28 heavy (non-hydrogen) atoms. The van der Waals surface area contributed by atoms with E-state index in [1.54, 1.807) is 53.7 Å². The molecule has 0 aromatic heterocycles. The summed E-state index contributed by atoms with van der Waals surface area (Å²) in [6.07, 6.45) is 0.306. The maximum Gasteiger partial charge on any atom is 0.420 e. The number of carbonyl (C=O) groups is 3. The summed E-state index contributed by atoms with van der Waals surface area (Å²) in [5.41, 5.74) is 0.196. The summed E-state index contributed by atoms with van der Waals surface area (Å²) in [6.45, 7) is 10.3. The first kappa shape index (κ1) is 21.7. The summed E-state index contributed by atoms with van der Waals surface area (Å²) >= 11 is 0. The fourth-order valence-corrected chi connectivity index (χ4v) is 2.65. The second-order valence-electron chi connectivity index (χ2n) is 9.04. The first-order chi connectivity index (χ1) is 12.8. The number of carbonyl (C=O) groups excluding carboxylic acids is 2. The highest BCUT2D eigenvalue weighted by molar-refractivity contribution is 5.89. The molecule has 0 aliphatic heterocycles. The highest BCUT2D eigenvalue weighted by Crippen LogP contribution is 2.42. The Bertz CT molecular complexity index is 740. The van der Waals surface area contributed by atoms with E-state index in [0.29, 0.717) is 5.56 Å². The Balaban J connectivity index is 2.35. The molecule has 1 N–H and O–H groups in total. The van der Waals surface area contributed by atoms with E-state index in [9.17, 15) is 19.5 Å². The van der Waals surface area contributed by atoms with Gasteiger partial charge in [-0.05, 0) is 83.6 Å². The number of amides is 2. The molecule has 7 heteroatoms. The fourth-order valence-electron chi connectivity index (χ4n) is 2.65. The standard InChI is InChI=1S/C21H29NO6/c1-20(2,3)27-18(25)22(19(26)28-21(4,5)6)12-15-10-9-14(17(23)24)11-16(15)13-7-8-13/h9-11,13H,7-8,12H2,1-6H3,(H,23,24). The molecule has 1 aliphatic carbocycles. The third kappa shape index (κ3) is 6.25. The molecule has 0 heterocycles. The zero-order chi connectivity index (χ0) is 21.3. The van der Waals surface area contributed by atoms with Crippen LogP contribution in [0, 0.1) is 0 Å². The number of benzene rings is 1. The van der Waals surface area contributed by atoms with Gasteiger partial charge in [0.1, 0.15) is 11.2 Å². The van der Waals surface area contributed by atoms with Crippen molar-refractivity contribution in [3.05, 3.63) is 34.9 Å². The van der Waals surface area contributed by atoms with Crippen molar-refractivity contribution in [2.75, 3.05) is 0 Å². The number of carboxylic acids is 1. The largest absolute Gasteiger partial charge is 0.478 e. The van der Waals surface area contributed by atoms with Crippen molar-refractivity contribution in [3.63, 3.8) is 0 Å². The summed E-state index contributed by atoms with van der Waals surface area (Å²) in [5, 5.41) is 9.26. The molecule has 1 aromatic rings. The number of nitrogens with zero attached hydrogens (tertiary/aromatic N) is 1. The first-order valence-corrected chi connectivity index (χ1v) is 9.36. The number of hydrogen-bond acceptors (Lipinski definition) is 5. The van der Waals surface area contributed by atoms with Crippen LogP contribution in [0.1, 0.15) is 81.8 Å². The van der Waals surface area contributed by atoms with Crippen LogP contribution in [-0.4, -0.2) is 39.4 Å². The SMILES string of the molecule is CC(C)(C)OC(=O)N(Cc1ccc(C(=O)O)cc1C1CC1)C(=O)OC(C)(C)C. The van der Waals surface area contributed by atoms with E-state index in [1.807, 2.05) is 0 Å². The molecular weight excluding hydrogens is 362 g/mol. The van der Waals surface area contributed by atoms with Crippen molar-refractivity contribution in [2.45, 2.75) is 78.0 Å². The van der Waals surface area contributed by atoms with Crippen LogP contribution in [-0.2, 0) is 16.0 Å². The van der Waals surface area contributed by atoms with E-state index in [4.69, 9.17) is 9.47 Å². The van der Waals surface area contributed by atoms with Gasteiger partial charge in [0, 0.05) is 0 Å². The summed E-state index contributed by atoms with van der Waals surface area (Å²) in [6, 6.07) is 4.75. The lowest BCUT2D eigenvalue weighted by Crippen LogP contribution is -2.43. The van der Waals surface area contributed by atoms with E-state index < -0.39 is 29.4 Å². The monoisotopic (exact) mass is 391 g/mol. The van der Waals surface area contributed by atoms with Crippen LogP contribution in [0.3, 0.4) is 0 Å².